The number of anilines is 1. The molecule has 3 rings (SSSR count). The molecule has 1 fully saturated rings. The predicted octanol–water partition coefficient (Wildman–Crippen LogP) is 2.46. The number of amides is 1. The Morgan fingerprint density at radius 1 is 1.29 bits per heavy atom. The molecule has 1 aromatic heterocycles. The lowest BCUT2D eigenvalue weighted by Crippen LogP contribution is -2.30. The summed E-state index contributed by atoms with van der Waals surface area (Å²) in [7, 11) is 0. The molecular weight excluding hydrogens is 340 g/mol. The van der Waals surface area contributed by atoms with Crippen molar-refractivity contribution in [3.05, 3.63) is 41.2 Å². The molecule has 9 heteroatoms. The van der Waals surface area contributed by atoms with E-state index in [9.17, 15) is 13.6 Å². The molecule has 0 bridgehead atoms. The summed E-state index contributed by atoms with van der Waals surface area (Å²) in [4.78, 5) is 12.3. The summed E-state index contributed by atoms with van der Waals surface area (Å²) in [6.45, 7) is 3.59. The Morgan fingerprint density at radius 2 is 2.00 bits per heavy atom. The first-order valence-corrected chi connectivity index (χ1v) is 7.45. The highest BCUT2D eigenvalue weighted by Gasteiger charge is 2.23. The van der Waals surface area contributed by atoms with Gasteiger partial charge in [-0.15, -0.1) is 17.5 Å². The molecule has 0 spiro atoms. The van der Waals surface area contributed by atoms with E-state index in [1.54, 1.807) is 11.6 Å². The number of carbonyl (C=O) groups is 1. The van der Waals surface area contributed by atoms with E-state index in [2.05, 4.69) is 20.9 Å². The second kappa shape index (κ2) is 7.67. The minimum absolute atomic E-state index is 0. The van der Waals surface area contributed by atoms with E-state index in [0.29, 0.717) is 5.69 Å². The third-order valence-electron chi connectivity index (χ3n) is 3.97. The van der Waals surface area contributed by atoms with E-state index in [4.69, 9.17) is 0 Å². The highest BCUT2D eigenvalue weighted by atomic mass is 35.5. The van der Waals surface area contributed by atoms with Gasteiger partial charge in [-0.1, -0.05) is 5.21 Å². The van der Waals surface area contributed by atoms with Crippen molar-refractivity contribution >= 4 is 24.0 Å². The molecule has 6 nitrogen and oxygen atoms in total. The van der Waals surface area contributed by atoms with Gasteiger partial charge in [0.2, 0.25) is 0 Å². The number of nitrogens with one attached hydrogen (secondary N) is 2. The first-order chi connectivity index (χ1) is 11.1. The van der Waals surface area contributed by atoms with Gasteiger partial charge in [-0.3, -0.25) is 4.79 Å². The number of hydrogen-bond donors (Lipinski definition) is 2. The Balaban J connectivity index is 0.00000208. The summed E-state index contributed by atoms with van der Waals surface area (Å²) in [6.07, 6.45) is 1.85. The van der Waals surface area contributed by atoms with Crippen LogP contribution in [0.3, 0.4) is 0 Å². The van der Waals surface area contributed by atoms with Gasteiger partial charge >= 0.3 is 0 Å². The summed E-state index contributed by atoms with van der Waals surface area (Å²) < 4.78 is 27.9. The molecule has 0 aliphatic carbocycles. The number of halogens is 3. The van der Waals surface area contributed by atoms with Gasteiger partial charge in [-0.25, -0.2) is 13.5 Å². The van der Waals surface area contributed by atoms with Gasteiger partial charge in [-0.05, 0) is 45.0 Å². The molecule has 2 N–H and O–H groups in total. The highest BCUT2D eigenvalue weighted by molar-refractivity contribution is 6.03. The molecule has 24 heavy (non-hydrogen) atoms. The van der Waals surface area contributed by atoms with Crippen molar-refractivity contribution in [1.29, 1.82) is 0 Å². The molecule has 1 aromatic carbocycles. The van der Waals surface area contributed by atoms with Crippen LogP contribution in [0.1, 0.15) is 35.1 Å². The number of benzene rings is 1. The van der Waals surface area contributed by atoms with Gasteiger partial charge < -0.3 is 10.6 Å². The molecule has 0 atom stereocenters. The quantitative estimate of drug-likeness (QED) is 0.885. The van der Waals surface area contributed by atoms with Crippen molar-refractivity contribution in [1.82, 2.24) is 20.3 Å². The van der Waals surface area contributed by atoms with E-state index < -0.39 is 17.5 Å². The van der Waals surface area contributed by atoms with Crippen molar-refractivity contribution in [2.45, 2.75) is 25.8 Å². The molecular formula is C15H18ClF2N5O. The number of nitrogens with zero attached hydrogens (tertiary/aromatic N) is 3. The van der Waals surface area contributed by atoms with Crippen LogP contribution in [0.4, 0.5) is 14.5 Å². The minimum atomic E-state index is -1.02. The minimum Gasteiger partial charge on any atom is -0.320 e. The maximum Gasteiger partial charge on any atom is 0.278 e. The van der Waals surface area contributed by atoms with Gasteiger partial charge in [0.15, 0.2) is 17.3 Å². The van der Waals surface area contributed by atoms with Gasteiger partial charge in [0.1, 0.15) is 0 Å². The Labute approximate surface area is 144 Å². The number of aromatic nitrogens is 3. The van der Waals surface area contributed by atoms with Crippen molar-refractivity contribution in [2.75, 3.05) is 18.4 Å². The maximum atomic E-state index is 13.2. The van der Waals surface area contributed by atoms with Crippen LogP contribution in [-0.4, -0.2) is 34.0 Å². The summed E-state index contributed by atoms with van der Waals surface area (Å²) in [5.41, 5.74) is 1.02. The molecule has 1 aliphatic heterocycles. The van der Waals surface area contributed by atoms with Crippen LogP contribution in [0.2, 0.25) is 0 Å². The van der Waals surface area contributed by atoms with Crippen molar-refractivity contribution < 1.29 is 13.6 Å². The number of rotatable bonds is 3. The first kappa shape index (κ1) is 18.3. The van der Waals surface area contributed by atoms with Crippen LogP contribution in [0, 0.1) is 18.6 Å². The summed E-state index contributed by atoms with van der Waals surface area (Å²) in [6, 6.07) is 3.40. The van der Waals surface area contributed by atoms with E-state index >= 15 is 0 Å². The molecule has 2 aromatic rings. The summed E-state index contributed by atoms with van der Waals surface area (Å²) in [5, 5.41) is 13.8. The fourth-order valence-corrected chi connectivity index (χ4v) is 2.71. The average Bonchev–Trinajstić information content (AvgIpc) is 2.93. The normalized spacial score (nSPS) is 15.0. The lowest BCUT2D eigenvalue weighted by molar-refractivity contribution is 0.102. The first-order valence-electron chi connectivity index (χ1n) is 7.45. The Hall–Kier alpha value is -2.06. The number of piperidine rings is 1. The van der Waals surface area contributed by atoms with Crippen molar-refractivity contribution in [3.8, 4) is 0 Å². The zero-order chi connectivity index (χ0) is 16.4. The molecule has 1 amide bonds. The summed E-state index contributed by atoms with van der Waals surface area (Å²) in [5.74, 6) is -2.47. The summed E-state index contributed by atoms with van der Waals surface area (Å²) >= 11 is 0. The lowest BCUT2D eigenvalue weighted by Gasteiger charge is -2.23. The second-order valence-electron chi connectivity index (χ2n) is 5.53. The van der Waals surface area contributed by atoms with E-state index in [0.717, 1.165) is 38.1 Å². The smallest absolute Gasteiger partial charge is 0.278 e. The molecule has 0 saturated carbocycles. The molecule has 130 valence electrons. The van der Waals surface area contributed by atoms with E-state index in [-0.39, 0.29) is 29.8 Å². The fraction of sp³-hybridized carbons (Fsp3) is 0.400. The van der Waals surface area contributed by atoms with Gasteiger partial charge in [0, 0.05) is 11.8 Å². The molecule has 0 unspecified atom stereocenters. The predicted molar refractivity (Wildman–Crippen MR) is 87.5 cm³/mol. The van der Waals surface area contributed by atoms with Gasteiger partial charge in [-0.2, -0.15) is 0 Å². The lowest BCUT2D eigenvalue weighted by atomic mass is 10.1. The monoisotopic (exact) mass is 357 g/mol. The van der Waals surface area contributed by atoms with Crippen LogP contribution >= 0.6 is 12.4 Å². The average molecular weight is 358 g/mol. The van der Waals surface area contributed by atoms with Gasteiger partial charge in [0.25, 0.3) is 5.91 Å². The Kier molecular flexibility index (Phi) is 5.84. The van der Waals surface area contributed by atoms with Crippen molar-refractivity contribution in [2.24, 2.45) is 0 Å². The number of carbonyl (C=O) groups excluding carboxylic acids is 1. The van der Waals surface area contributed by atoms with E-state index in [1.165, 1.54) is 6.07 Å². The Morgan fingerprint density at radius 3 is 2.67 bits per heavy atom. The molecule has 2 heterocycles. The Bertz CT molecular complexity index is 731. The third kappa shape index (κ3) is 3.70. The zero-order valence-corrected chi connectivity index (χ0v) is 13.9. The van der Waals surface area contributed by atoms with Crippen LogP contribution in [0.15, 0.2) is 18.2 Å². The van der Waals surface area contributed by atoms with Crippen LogP contribution in [0.5, 0.6) is 0 Å². The van der Waals surface area contributed by atoms with Gasteiger partial charge in [0.05, 0.1) is 11.7 Å². The maximum absolute atomic E-state index is 13.2. The molecule has 1 aliphatic rings. The second-order valence-corrected chi connectivity index (χ2v) is 5.53. The highest BCUT2D eigenvalue weighted by Crippen LogP contribution is 2.21. The third-order valence-corrected chi connectivity index (χ3v) is 3.97. The largest absolute Gasteiger partial charge is 0.320 e. The zero-order valence-electron chi connectivity index (χ0n) is 13.1. The molecule has 0 radical (unpaired) electrons. The fourth-order valence-electron chi connectivity index (χ4n) is 2.71. The van der Waals surface area contributed by atoms with Crippen LogP contribution in [0.25, 0.3) is 0 Å². The van der Waals surface area contributed by atoms with Crippen LogP contribution < -0.4 is 10.6 Å². The topological polar surface area (TPSA) is 71.8 Å². The van der Waals surface area contributed by atoms with Crippen LogP contribution in [-0.2, 0) is 0 Å². The standard InChI is InChI=1S/C15H17F2N5O.ClH/c1-9-14(20-21-22(9)11-4-6-18-7-5-11)15(23)19-10-2-3-12(16)13(17)8-10;/h2-3,8,11,18H,4-7H2,1H3,(H,19,23);1H. The SMILES string of the molecule is Cc1c(C(=O)Nc2ccc(F)c(F)c2)nnn1C1CCNCC1.Cl. The van der Waals surface area contributed by atoms with E-state index in [1.807, 2.05) is 0 Å². The number of hydrogen-bond acceptors (Lipinski definition) is 4. The molecule has 1 saturated heterocycles. The van der Waals surface area contributed by atoms with Crippen molar-refractivity contribution in [3.63, 3.8) is 0 Å².